The predicted molar refractivity (Wildman–Crippen MR) is 167 cm³/mol. The standard InChI is InChI=1S/C36H36N2O5/c1-23-13-7-10-18-27(23)37-34(40)32-29(39)21-36(3,42)33(35(41)38-28-19-11-8-14-24(28)2)31(32)26-17-9-12-20-30(26)43-22-25-15-5-4-6-16-25/h4-20,31-33,42H,21-22H2,1-3H3,(H,37,40)(H,38,41). The van der Waals surface area contributed by atoms with Gasteiger partial charge in [0.05, 0.1) is 11.5 Å². The molecular weight excluding hydrogens is 540 g/mol. The third kappa shape index (κ3) is 6.52. The zero-order chi connectivity index (χ0) is 30.6. The molecule has 0 bridgehead atoms. The molecule has 7 nitrogen and oxygen atoms in total. The van der Waals surface area contributed by atoms with E-state index in [2.05, 4.69) is 10.6 Å². The minimum absolute atomic E-state index is 0.245. The smallest absolute Gasteiger partial charge is 0.235 e. The van der Waals surface area contributed by atoms with Gasteiger partial charge in [-0.3, -0.25) is 14.4 Å². The third-order valence-corrected chi connectivity index (χ3v) is 8.15. The van der Waals surface area contributed by atoms with Crippen molar-refractivity contribution in [1.82, 2.24) is 0 Å². The van der Waals surface area contributed by atoms with Gasteiger partial charge in [0.1, 0.15) is 24.1 Å². The number of anilines is 2. The monoisotopic (exact) mass is 576 g/mol. The van der Waals surface area contributed by atoms with Crippen LogP contribution in [-0.4, -0.2) is 28.3 Å². The molecule has 4 aromatic rings. The number of nitrogens with one attached hydrogen (secondary N) is 2. The van der Waals surface area contributed by atoms with Crippen molar-refractivity contribution in [3.8, 4) is 5.75 Å². The number of para-hydroxylation sites is 3. The molecule has 0 heterocycles. The maximum atomic E-state index is 14.1. The van der Waals surface area contributed by atoms with Crippen LogP contribution in [0.4, 0.5) is 11.4 Å². The highest BCUT2D eigenvalue weighted by molar-refractivity contribution is 6.10. The molecular formula is C36H36N2O5. The number of rotatable bonds is 8. The lowest BCUT2D eigenvalue weighted by molar-refractivity contribution is -0.150. The molecule has 1 saturated carbocycles. The van der Waals surface area contributed by atoms with E-state index in [4.69, 9.17) is 4.74 Å². The zero-order valence-electron chi connectivity index (χ0n) is 24.5. The number of amides is 2. The Morgan fingerprint density at radius 3 is 1.95 bits per heavy atom. The molecule has 1 fully saturated rings. The summed E-state index contributed by atoms with van der Waals surface area (Å²) in [4.78, 5) is 41.9. The Hall–Kier alpha value is -4.75. The Balaban J connectivity index is 1.59. The number of benzene rings is 4. The van der Waals surface area contributed by atoms with Gasteiger partial charge in [0.2, 0.25) is 11.8 Å². The van der Waals surface area contributed by atoms with Crippen LogP contribution in [0.2, 0.25) is 0 Å². The van der Waals surface area contributed by atoms with E-state index in [9.17, 15) is 19.5 Å². The molecule has 4 unspecified atom stereocenters. The molecule has 4 atom stereocenters. The maximum absolute atomic E-state index is 14.1. The first-order valence-electron chi connectivity index (χ1n) is 14.4. The van der Waals surface area contributed by atoms with Crippen LogP contribution in [0.1, 0.15) is 41.5 Å². The highest BCUT2D eigenvalue weighted by Crippen LogP contribution is 2.49. The van der Waals surface area contributed by atoms with Crippen molar-refractivity contribution in [2.24, 2.45) is 11.8 Å². The Morgan fingerprint density at radius 1 is 0.791 bits per heavy atom. The number of aliphatic hydroxyl groups is 1. The Morgan fingerprint density at radius 2 is 1.33 bits per heavy atom. The molecule has 220 valence electrons. The summed E-state index contributed by atoms with van der Waals surface area (Å²) in [7, 11) is 0. The average molecular weight is 577 g/mol. The molecule has 0 spiro atoms. The lowest BCUT2D eigenvalue weighted by Crippen LogP contribution is -2.56. The second kappa shape index (κ2) is 12.6. The summed E-state index contributed by atoms with van der Waals surface area (Å²) in [6.07, 6.45) is -0.353. The van der Waals surface area contributed by atoms with Gasteiger partial charge < -0.3 is 20.5 Å². The van der Waals surface area contributed by atoms with E-state index in [1.807, 2.05) is 74.5 Å². The van der Waals surface area contributed by atoms with Crippen LogP contribution in [0.3, 0.4) is 0 Å². The number of carbonyl (C=O) groups excluding carboxylic acids is 3. The summed E-state index contributed by atoms with van der Waals surface area (Å²) >= 11 is 0. The molecule has 43 heavy (non-hydrogen) atoms. The Bertz CT molecular complexity index is 1630. The van der Waals surface area contributed by atoms with E-state index >= 15 is 0 Å². The number of carbonyl (C=O) groups is 3. The fourth-order valence-electron chi connectivity index (χ4n) is 5.94. The highest BCUT2D eigenvalue weighted by Gasteiger charge is 2.56. The van der Waals surface area contributed by atoms with Crippen molar-refractivity contribution in [1.29, 1.82) is 0 Å². The minimum Gasteiger partial charge on any atom is -0.489 e. The van der Waals surface area contributed by atoms with Crippen LogP contribution < -0.4 is 15.4 Å². The summed E-state index contributed by atoms with van der Waals surface area (Å²) in [6.45, 7) is 5.48. The van der Waals surface area contributed by atoms with Crippen molar-refractivity contribution in [3.63, 3.8) is 0 Å². The lowest BCUT2D eigenvalue weighted by atomic mass is 9.61. The van der Waals surface area contributed by atoms with E-state index in [-0.39, 0.29) is 13.0 Å². The molecule has 7 heteroatoms. The van der Waals surface area contributed by atoms with Gasteiger partial charge in [-0.15, -0.1) is 0 Å². The van der Waals surface area contributed by atoms with E-state index < -0.39 is 41.0 Å². The van der Waals surface area contributed by atoms with Gasteiger partial charge >= 0.3 is 0 Å². The number of hydrogen-bond acceptors (Lipinski definition) is 5. The number of ketones is 1. The van der Waals surface area contributed by atoms with Crippen molar-refractivity contribution < 1.29 is 24.2 Å². The van der Waals surface area contributed by atoms with Crippen LogP contribution in [0.15, 0.2) is 103 Å². The van der Waals surface area contributed by atoms with E-state index in [1.165, 1.54) is 6.92 Å². The second-order valence-electron chi connectivity index (χ2n) is 11.4. The molecule has 0 radical (unpaired) electrons. The fraction of sp³-hybridized carbons (Fsp3) is 0.250. The molecule has 0 aliphatic heterocycles. The SMILES string of the molecule is Cc1ccccc1NC(=O)C1C(=O)CC(C)(O)C(C(=O)Nc2ccccc2C)C1c1ccccc1OCc1ccccc1. The van der Waals surface area contributed by atoms with Crippen molar-refractivity contribution in [2.45, 2.75) is 45.3 Å². The predicted octanol–water partition coefficient (Wildman–Crippen LogP) is 6.20. The summed E-state index contributed by atoms with van der Waals surface area (Å²) in [6, 6.07) is 31.4. The highest BCUT2D eigenvalue weighted by atomic mass is 16.5. The number of Topliss-reactive ketones (excluding diaryl/α,β-unsaturated/α-hetero) is 1. The topological polar surface area (TPSA) is 105 Å². The normalized spacial score (nSPS) is 21.6. The third-order valence-electron chi connectivity index (χ3n) is 8.15. The number of aryl methyl sites for hydroxylation is 2. The Labute approximate surface area is 251 Å². The largest absolute Gasteiger partial charge is 0.489 e. The van der Waals surface area contributed by atoms with Gasteiger partial charge in [-0.1, -0.05) is 84.9 Å². The molecule has 1 aliphatic rings. The van der Waals surface area contributed by atoms with Crippen molar-refractivity contribution in [3.05, 3.63) is 125 Å². The summed E-state index contributed by atoms with van der Waals surface area (Å²) in [5, 5.41) is 17.6. The molecule has 0 saturated heterocycles. The number of ether oxygens (including phenoxy) is 1. The van der Waals surface area contributed by atoms with E-state index in [1.54, 1.807) is 42.5 Å². The van der Waals surface area contributed by atoms with Gasteiger partial charge in [-0.05, 0) is 61.2 Å². The van der Waals surface area contributed by atoms with Crippen molar-refractivity contribution in [2.75, 3.05) is 10.6 Å². The fourth-order valence-corrected chi connectivity index (χ4v) is 5.94. The van der Waals surface area contributed by atoms with Crippen molar-refractivity contribution >= 4 is 29.0 Å². The summed E-state index contributed by atoms with van der Waals surface area (Å²) in [5.74, 6) is -4.46. The van der Waals surface area contributed by atoms with Gasteiger partial charge in [0.15, 0.2) is 0 Å². The van der Waals surface area contributed by atoms with Crippen LogP contribution in [-0.2, 0) is 21.0 Å². The molecule has 3 N–H and O–H groups in total. The molecule has 5 rings (SSSR count). The minimum atomic E-state index is -1.74. The maximum Gasteiger partial charge on any atom is 0.235 e. The van der Waals surface area contributed by atoms with Gasteiger partial charge in [0, 0.05) is 23.7 Å². The van der Waals surface area contributed by atoms with Crippen LogP contribution in [0.5, 0.6) is 5.75 Å². The molecule has 1 aliphatic carbocycles. The Kier molecular flexibility index (Phi) is 8.73. The molecule has 0 aromatic heterocycles. The second-order valence-corrected chi connectivity index (χ2v) is 11.4. The van der Waals surface area contributed by atoms with Gasteiger partial charge in [-0.2, -0.15) is 0 Å². The van der Waals surface area contributed by atoms with Crippen LogP contribution in [0, 0.1) is 25.7 Å². The summed E-state index contributed by atoms with van der Waals surface area (Å²) in [5.41, 5.74) is 2.55. The first-order chi connectivity index (χ1) is 20.7. The lowest BCUT2D eigenvalue weighted by Gasteiger charge is -2.44. The summed E-state index contributed by atoms with van der Waals surface area (Å²) < 4.78 is 6.25. The quantitative estimate of drug-likeness (QED) is 0.217. The average Bonchev–Trinajstić information content (AvgIpc) is 2.98. The molecule has 2 amide bonds. The van der Waals surface area contributed by atoms with Crippen LogP contribution >= 0.6 is 0 Å². The van der Waals surface area contributed by atoms with E-state index in [0.717, 1.165) is 16.7 Å². The first-order valence-corrected chi connectivity index (χ1v) is 14.4. The molecule has 4 aromatic carbocycles. The first kappa shape index (κ1) is 29.7. The van der Waals surface area contributed by atoms with E-state index in [0.29, 0.717) is 22.7 Å². The van der Waals surface area contributed by atoms with Crippen LogP contribution in [0.25, 0.3) is 0 Å². The van der Waals surface area contributed by atoms with Gasteiger partial charge in [-0.25, -0.2) is 0 Å². The zero-order valence-corrected chi connectivity index (χ0v) is 24.5. The van der Waals surface area contributed by atoms with Gasteiger partial charge in [0.25, 0.3) is 0 Å². The number of hydrogen-bond donors (Lipinski definition) is 3.